The molecule has 1 aliphatic heterocycles. The van der Waals surface area contributed by atoms with Gasteiger partial charge in [0.05, 0.1) is 18.5 Å². The van der Waals surface area contributed by atoms with Gasteiger partial charge in [-0.25, -0.2) is 9.98 Å². The van der Waals surface area contributed by atoms with Gasteiger partial charge in [-0.2, -0.15) is 9.78 Å². The largest absolute Gasteiger partial charge is 0.494 e. The van der Waals surface area contributed by atoms with Crippen molar-refractivity contribution in [3.05, 3.63) is 45.6 Å². The first kappa shape index (κ1) is 20.8. The Hall–Kier alpha value is -2.96. The minimum atomic E-state index is -0.0972. The normalized spacial score (nSPS) is 14.3. The molecule has 0 atom stereocenters. The van der Waals surface area contributed by atoms with E-state index < -0.39 is 0 Å². The summed E-state index contributed by atoms with van der Waals surface area (Å²) in [7, 11) is 5.57. The first-order valence-electron chi connectivity index (χ1n) is 9.94. The van der Waals surface area contributed by atoms with Crippen molar-refractivity contribution in [2.75, 3.05) is 26.1 Å². The third-order valence-electron chi connectivity index (χ3n) is 4.95. The summed E-state index contributed by atoms with van der Waals surface area (Å²) >= 11 is 0. The molecular weight excluding hydrogens is 366 g/mol. The molecule has 2 heterocycles. The maximum absolute atomic E-state index is 13.1. The van der Waals surface area contributed by atoms with Crippen LogP contribution in [0.3, 0.4) is 0 Å². The highest BCUT2D eigenvalue weighted by Gasteiger charge is 2.27. The maximum Gasteiger partial charge on any atom is 0.277 e. The molecule has 0 saturated carbocycles. The van der Waals surface area contributed by atoms with Crippen LogP contribution in [0.1, 0.15) is 57.1 Å². The van der Waals surface area contributed by atoms with E-state index in [1.807, 2.05) is 44.1 Å². The minimum Gasteiger partial charge on any atom is -0.494 e. The minimum absolute atomic E-state index is 0.0972. The highest BCUT2D eigenvalue weighted by atomic mass is 16.5. The van der Waals surface area contributed by atoms with Crippen molar-refractivity contribution < 1.29 is 4.74 Å². The summed E-state index contributed by atoms with van der Waals surface area (Å²) in [6, 6.07) is 5.82. The number of fused-ring (bicyclic) bond motifs is 1. The first-order valence-corrected chi connectivity index (χ1v) is 9.94. The van der Waals surface area contributed by atoms with Crippen LogP contribution in [0.4, 0.5) is 11.4 Å². The lowest BCUT2D eigenvalue weighted by molar-refractivity contribution is 0.416. The number of ether oxygens (including phenoxy) is 1. The number of nitrogens with zero attached hydrogens (tertiary/aromatic N) is 5. The van der Waals surface area contributed by atoms with Crippen LogP contribution < -0.4 is 15.2 Å². The third-order valence-corrected chi connectivity index (χ3v) is 4.95. The Kier molecular flexibility index (Phi) is 5.86. The lowest BCUT2D eigenvalue weighted by Gasteiger charge is -2.15. The molecule has 0 radical (unpaired) electrons. The van der Waals surface area contributed by atoms with Gasteiger partial charge in [0.1, 0.15) is 17.1 Å². The maximum atomic E-state index is 13.1. The molecule has 3 rings (SSSR count). The first-order chi connectivity index (χ1) is 13.8. The number of hydrogen-bond donors (Lipinski definition) is 0. The molecule has 0 aliphatic carbocycles. The molecular formula is C22H29N5O2. The summed E-state index contributed by atoms with van der Waals surface area (Å²) < 4.78 is 6.94. The SMILES string of the molecule is CCCc1c(C(C)C)nc2n(c1=O)N=C(C)C2=Nc1ccc(N(C)C)cc1OC. The Morgan fingerprint density at radius 1 is 1.28 bits per heavy atom. The van der Waals surface area contributed by atoms with Gasteiger partial charge in [0, 0.05) is 31.4 Å². The lowest BCUT2D eigenvalue weighted by Crippen LogP contribution is -2.27. The zero-order valence-electron chi connectivity index (χ0n) is 18.3. The van der Waals surface area contributed by atoms with E-state index in [1.54, 1.807) is 7.11 Å². The number of methoxy groups -OCH3 is 1. The van der Waals surface area contributed by atoms with E-state index in [0.717, 1.165) is 23.4 Å². The molecule has 0 spiro atoms. The predicted molar refractivity (Wildman–Crippen MR) is 119 cm³/mol. The zero-order chi connectivity index (χ0) is 21.3. The molecule has 0 bridgehead atoms. The van der Waals surface area contributed by atoms with Crippen molar-refractivity contribution in [1.82, 2.24) is 9.66 Å². The zero-order valence-corrected chi connectivity index (χ0v) is 18.3. The topological polar surface area (TPSA) is 72.1 Å². The van der Waals surface area contributed by atoms with Crippen molar-refractivity contribution in [1.29, 1.82) is 0 Å². The second kappa shape index (κ2) is 8.19. The Bertz CT molecular complexity index is 1050. The van der Waals surface area contributed by atoms with Gasteiger partial charge in [-0.1, -0.05) is 27.2 Å². The van der Waals surface area contributed by atoms with Crippen molar-refractivity contribution in [2.24, 2.45) is 10.1 Å². The fraction of sp³-hybridized carbons (Fsp3) is 0.455. The van der Waals surface area contributed by atoms with Gasteiger partial charge in [0.15, 0.2) is 5.82 Å². The van der Waals surface area contributed by atoms with E-state index in [-0.39, 0.29) is 11.5 Å². The van der Waals surface area contributed by atoms with Crippen molar-refractivity contribution in [3.8, 4) is 5.75 Å². The van der Waals surface area contributed by atoms with Crippen LogP contribution in [-0.2, 0) is 6.42 Å². The van der Waals surface area contributed by atoms with Crippen LogP contribution >= 0.6 is 0 Å². The highest BCUT2D eigenvalue weighted by Crippen LogP contribution is 2.32. The lowest BCUT2D eigenvalue weighted by atomic mass is 10.0. The summed E-state index contributed by atoms with van der Waals surface area (Å²) in [5.41, 5.74) is 4.44. The molecule has 0 amide bonds. The summed E-state index contributed by atoms with van der Waals surface area (Å²) in [5.74, 6) is 1.30. The molecule has 7 nitrogen and oxygen atoms in total. The highest BCUT2D eigenvalue weighted by molar-refractivity contribution is 6.48. The number of benzene rings is 1. The van der Waals surface area contributed by atoms with Gasteiger partial charge in [-0.3, -0.25) is 4.79 Å². The molecule has 1 aliphatic rings. The van der Waals surface area contributed by atoms with E-state index in [2.05, 4.69) is 25.9 Å². The van der Waals surface area contributed by atoms with Gasteiger partial charge in [0.2, 0.25) is 0 Å². The molecule has 0 unspecified atom stereocenters. The average molecular weight is 396 g/mol. The molecule has 29 heavy (non-hydrogen) atoms. The summed E-state index contributed by atoms with van der Waals surface area (Å²) in [5, 5.41) is 4.45. The fourth-order valence-electron chi connectivity index (χ4n) is 3.42. The predicted octanol–water partition coefficient (Wildman–Crippen LogP) is 3.75. The van der Waals surface area contributed by atoms with Crippen LogP contribution in [-0.4, -0.2) is 42.3 Å². The molecule has 7 heteroatoms. The van der Waals surface area contributed by atoms with Crippen molar-refractivity contribution in [3.63, 3.8) is 0 Å². The number of aromatic nitrogens is 2. The Labute approximate surface area is 171 Å². The van der Waals surface area contributed by atoms with Gasteiger partial charge < -0.3 is 9.64 Å². The Balaban J connectivity index is 2.19. The fourth-order valence-corrected chi connectivity index (χ4v) is 3.42. The molecule has 0 N–H and O–H groups in total. The van der Waals surface area contributed by atoms with Crippen LogP contribution in [0.2, 0.25) is 0 Å². The molecule has 1 aromatic carbocycles. The van der Waals surface area contributed by atoms with Gasteiger partial charge >= 0.3 is 0 Å². The van der Waals surface area contributed by atoms with Crippen LogP contribution in [0.15, 0.2) is 33.1 Å². The smallest absolute Gasteiger partial charge is 0.277 e. The van der Waals surface area contributed by atoms with Crippen LogP contribution in [0, 0.1) is 0 Å². The summed E-state index contributed by atoms with van der Waals surface area (Å²) in [6.07, 6.45) is 1.58. The third kappa shape index (κ3) is 3.81. The van der Waals surface area contributed by atoms with E-state index in [1.165, 1.54) is 4.68 Å². The van der Waals surface area contributed by atoms with E-state index in [9.17, 15) is 4.79 Å². The van der Waals surface area contributed by atoms with Gasteiger partial charge in [0.25, 0.3) is 5.56 Å². The molecule has 2 aromatic rings. The van der Waals surface area contributed by atoms with E-state index in [4.69, 9.17) is 14.7 Å². The van der Waals surface area contributed by atoms with Gasteiger partial charge in [-0.05, 0) is 31.4 Å². The number of hydrogen-bond acceptors (Lipinski definition) is 6. The Morgan fingerprint density at radius 2 is 2.00 bits per heavy atom. The second-order valence-corrected chi connectivity index (χ2v) is 7.72. The van der Waals surface area contributed by atoms with E-state index >= 15 is 0 Å². The quantitative estimate of drug-likeness (QED) is 0.747. The Morgan fingerprint density at radius 3 is 2.59 bits per heavy atom. The summed E-state index contributed by atoms with van der Waals surface area (Å²) in [4.78, 5) is 24.7. The second-order valence-electron chi connectivity index (χ2n) is 7.72. The van der Waals surface area contributed by atoms with Crippen molar-refractivity contribution in [2.45, 2.75) is 46.5 Å². The van der Waals surface area contributed by atoms with Gasteiger partial charge in [-0.15, -0.1) is 0 Å². The average Bonchev–Trinajstić information content (AvgIpc) is 2.99. The summed E-state index contributed by atoms with van der Waals surface area (Å²) in [6.45, 7) is 8.02. The number of anilines is 1. The molecule has 1 aromatic heterocycles. The molecule has 0 fully saturated rings. The molecule has 0 saturated heterocycles. The van der Waals surface area contributed by atoms with Crippen LogP contribution in [0.5, 0.6) is 5.75 Å². The van der Waals surface area contributed by atoms with Crippen LogP contribution in [0.25, 0.3) is 0 Å². The monoisotopic (exact) mass is 395 g/mol. The number of aliphatic imine (C=N–C) groups is 1. The van der Waals surface area contributed by atoms with Crippen molar-refractivity contribution >= 4 is 22.8 Å². The molecule has 154 valence electrons. The van der Waals surface area contributed by atoms with E-state index in [0.29, 0.717) is 35.1 Å². The number of rotatable bonds is 6. The standard InChI is InChI=1S/C22H29N5O2/c1-8-9-16-19(13(2)3)24-21-20(14(4)25-27(21)22(16)28)23-17-11-10-15(26(5)6)12-18(17)29-7/h10-13H,8-9H2,1-7H3.